The number of hydrogen-bond acceptors (Lipinski definition) is 6. The molecule has 26 heavy (non-hydrogen) atoms. The summed E-state index contributed by atoms with van der Waals surface area (Å²) in [6.45, 7) is 1.65. The first-order valence-corrected chi connectivity index (χ1v) is 9.62. The van der Waals surface area contributed by atoms with Crippen molar-refractivity contribution in [2.24, 2.45) is 0 Å². The number of amides is 1. The highest BCUT2D eigenvalue weighted by molar-refractivity contribution is 8.26. The van der Waals surface area contributed by atoms with Gasteiger partial charge in [0.1, 0.15) is 16.6 Å². The van der Waals surface area contributed by atoms with Gasteiger partial charge in [0.05, 0.1) is 12.0 Å². The summed E-state index contributed by atoms with van der Waals surface area (Å²) in [7, 11) is 1.60. The second-order valence-electron chi connectivity index (χ2n) is 6.14. The zero-order valence-electron chi connectivity index (χ0n) is 14.4. The average molecular weight is 393 g/mol. The molecule has 3 rings (SSSR count). The van der Waals surface area contributed by atoms with E-state index >= 15 is 0 Å². The molecule has 0 aromatic heterocycles. The van der Waals surface area contributed by atoms with E-state index in [9.17, 15) is 9.59 Å². The number of carbonyl (C=O) groups is 2. The maximum atomic E-state index is 12.4. The monoisotopic (exact) mass is 392 g/mol. The third-order valence-electron chi connectivity index (χ3n) is 4.39. The van der Waals surface area contributed by atoms with Crippen LogP contribution in [0.5, 0.6) is 5.75 Å². The molecule has 2 fully saturated rings. The Morgan fingerprint density at radius 3 is 2.73 bits per heavy atom. The number of carboxylic acids is 1. The number of benzene rings is 1. The number of piperidine rings is 1. The van der Waals surface area contributed by atoms with Crippen LogP contribution in [0.1, 0.15) is 24.8 Å². The standard InChI is InChI=1S/C18H20N2O4S2/c1-24-14-10-13(19-7-3-2-4-8-19)6-5-12(14)9-15-17(23)20(11-16(21)22)18(25)26-15/h5-6,9-10H,2-4,7-8,11H2,1H3,(H,21,22)/b15-9+. The van der Waals surface area contributed by atoms with Crippen LogP contribution in [0.15, 0.2) is 23.1 Å². The number of aliphatic carboxylic acids is 1. The normalized spacial score (nSPS) is 19.3. The van der Waals surface area contributed by atoms with Crippen LogP contribution < -0.4 is 9.64 Å². The SMILES string of the molecule is COc1cc(N2CCCCC2)ccc1/C=C1/SC(=S)N(CC(=O)O)C1=O. The zero-order valence-corrected chi connectivity index (χ0v) is 16.1. The van der Waals surface area contributed by atoms with E-state index < -0.39 is 12.5 Å². The molecule has 2 aliphatic rings. The lowest BCUT2D eigenvalue weighted by Crippen LogP contribution is -2.33. The summed E-state index contributed by atoms with van der Waals surface area (Å²) in [6.07, 6.45) is 5.36. The fraction of sp³-hybridized carbons (Fsp3) is 0.389. The zero-order chi connectivity index (χ0) is 18.7. The van der Waals surface area contributed by atoms with E-state index in [1.807, 2.05) is 18.2 Å². The highest BCUT2D eigenvalue weighted by atomic mass is 32.2. The van der Waals surface area contributed by atoms with Gasteiger partial charge >= 0.3 is 5.97 Å². The van der Waals surface area contributed by atoms with Gasteiger partial charge in [-0.3, -0.25) is 14.5 Å². The van der Waals surface area contributed by atoms with Crippen molar-refractivity contribution < 1.29 is 19.4 Å². The second kappa shape index (κ2) is 8.09. The molecule has 0 unspecified atom stereocenters. The van der Waals surface area contributed by atoms with Gasteiger partial charge < -0.3 is 14.7 Å². The van der Waals surface area contributed by atoms with Gasteiger partial charge in [0.25, 0.3) is 5.91 Å². The molecule has 2 saturated heterocycles. The van der Waals surface area contributed by atoms with Crippen molar-refractivity contribution in [3.63, 3.8) is 0 Å². The lowest BCUT2D eigenvalue weighted by atomic mass is 10.1. The number of hydrogen-bond donors (Lipinski definition) is 1. The number of ether oxygens (including phenoxy) is 1. The van der Waals surface area contributed by atoms with Crippen molar-refractivity contribution in [2.45, 2.75) is 19.3 Å². The van der Waals surface area contributed by atoms with Crippen LogP contribution in [0.2, 0.25) is 0 Å². The van der Waals surface area contributed by atoms with Crippen LogP contribution in [0.4, 0.5) is 5.69 Å². The minimum atomic E-state index is -1.09. The van der Waals surface area contributed by atoms with Gasteiger partial charge in [0, 0.05) is 30.4 Å². The molecule has 6 nitrogen and oxygen atoms in total. The highest BCUT2D eigenvalue weighted by Gasteiger charge is 2.33. The van der Waals surface area contributed by atoms with Crippen LogP contribution in [-0.4, -0.2) is 52.9 Å². The Balaban J connectivity index is 1.85. The van der Waals surface area contributed by atoms with Crippen molar-refractivity contribution in [3.05, 3.63) is 28.7 Å². The van der Waals surface area contributed by atoms with Crippen molar-refractivity contribution in [2.75, 3.05) is 31.6 Å². The summed E-state index contributed by atoms with van der Waals surface area (Å²) < 4.78 is 5.77. The topological polar surface area (TPSA) is 70.1 Å². The molecule has 0 bridgehead atoms. The number of methoxy groups -OCH3 is 1. The predicted molar refractivity (Wildman–Crippen MR) is 107 cm³/mol. The van der Waals surface area contributed by atoms with Crippen LogP contribution in [0, 0.1) is 0 Å². The lowest BCUT2D eigenvalue weighted by Gasteiger charge is -2.29. The molecule has 0 radical (unpaired) electrons. The first-order chi connectivity index (χ1) is 12.5. The smallest absolute Gasteiger partial charge is 0.323 e. The van der Waals surface area contributed by atoms with E-state index in [1.54, 1.807) is 13.2 Å². The minimum absolute atomic E-state index is 0.257. The summed E-state index contributed by atoms with van der Waals surface area (Å²) in [6, 6.07) is 5.93. The number of carbonyl (C=O) groups excluding carboxylic acids is 1. The Morgan fingerprint density at radius 1 is 1.35 bits per heavy atom. The number of nitrogens with zero attached hydrogens (tertiary/aromatic N) is 2. The lowest BCUT2D eigenvalue weighted by molar-refractivity contribution is -0.140. The van der Waals surface area contributed by atoms with E-state index in [4.69, 9.17) is 22.1 Å². The molecular weight excluding hydrogens is 372 g/mol. The Bertz CT molecular complexity index is 772. The number of carboxylic acid groups (broad SMARTS) is 1. The molecule has 0 atom stereocenters. The Morgan fingerprint density at radius 2 is 2.08 bits per heavy atom. The van der Waals surface area contributed by atoms with E-state index in [-0.39, 0.29) is 10.2 Å². The van der Waals surface area contributed by atoms with Crippen molar-refractivity contribution in [1.82, 2.24) is 4.90 Å². The molecule has 0 aliphatic carbocycles. The summed E-state index contributed by atoms with van der Waals surface area (Å²) in [5.74, 6) is -0.799. The molecule has 2 aliphatic heterocycles. The third kappa shape index (κ3) is 4.02. The Hall–Kier alpha value is -2.06. The molecule has 0 saturated carbocycles. The molecule has 1 aromatic rings. The van der Waals surface area contributed by atoms with Gasteiger partial charge in [-0.15, -0.1) is 0 Å². The molecular formula is C18H20N2O4S2. The third-order valence-corrected chi connectivity index (χ3v) is 5.77. The van der Waals surface area contributed by atoms with Crippen molar-refractivity contribution in [3.8, 4) is 5.75 Å². The van der Waals surface area contributed by atoms with Crippen LogP contribution in [0.25, 0.3) is 6.08 Å². The fourth-order valence-corrected chi connectivity index (χ4v) is 4.33. The van der Waals surface area contributed by atoms with Gasteiger partial charge in [-0.2, -0.15) is 0 Å². The van der Waals surface area contributed by atoms with Crippen molar-refractivity contribution in [1.29, 1.82) is 0 Å². The largest absolute Gasteiger partial charge is 0.496 e. The van der Waals surface area contributed by atoms with Crippen LogP contribution in [0.3, 0.4) is 0 Å². The summed E-state index contributed by atoms with van der Waals surface area (Å²) in [5.41, 5.74) is 1.88. The van der Waals surface area contributed by atoms with E-state index in [1.165, 1.54) is 19.3 Å². The molecule has 0 spiro atoms. The molecule has 138 valence electrons. The van der Waals surface area contributed by atoms with Crippen molar-refractivity contribution >= 4 is 51.9 Å². The van der Waals surface area contributed by atoms with E-state index in [0.29, 0.717) is 10.7 Å². The van der Waals surface area contributed by atoms with E-state index in [0.717, 1.165) is 41.0 Å². The predicted octanol–water partition coefficient (Wildman–Crippen LogP) is 2.97. The minimum Gasteiger partial charge on any atom is -0.496 e. The number of thioether (sulfide) groups is 1. The number of rotatable bonds is 5. The Kier molecular flexibility index (Phi) is 5.83. The van der Waals surface area contributed by atoms with Gasteiger partial charge in [-0.05, 0) is 37.5 Å². The summed E-state index contributed by atoms with van der Waals surface area (Å²) in [4.78, 5) is 27.1. The van der Waals surface area contributed by atoms with Gasteiger partial charge in [0.2, 0.25) is 0 Å². The maximum Gasteiger partial charge on any atom is 0.323 e. The van der Waals surface area contributed by atoms with Gasteiger partial charge in [-0.25, -0.2) is 0 Å². The summed E-state index contributed by atoms with van der Waals surface area (Å²) in [5, 5.41) is 8.92. The van der Waals surface area contributed by atoms with Gasteiger partial charge in [-0.1, -0.05) is 24.0 Å². The van der Waals surface area contributed by atoms with Crippen LogP contribution >= 0.6 is 24.0 Å². The molecule has 1 N–H and O–H groups in total. The first-order valence-electron chi connectivity index (χ1n) is 8.40. The highest BCUT2D eigenvalue weighted by Crippen LogP contribution is 2.35. The average Bonchev–Trinajstić information content (AvgIpc) is 2.90. The number of anilines is 1. The fourth-order valence-electron chi connectivity index (χ4n) is 3.08. The molecule has 8 heteroatoms. The van der Waals surface area contributed by atoms with Gasteiger partial charge in [0.15, 0.2) is 0 Å². The quantitative estimate of drug-likeness (QED) is 0.610. The maximum absolute atomic E-state index is 12.4. The first kappa shape index (κ1) is 18.7. The molecule has 2 heterocycles. The number of thiocarbonyl (C=S) groups is 1. The van der Waals surface area contributed by atoms with Crippen LogP contribution in [-0.2, 0) is 9.59 Å². The molecule has 1 aromatic carbocycles. The Labute approximate surface area is 161 Å². The molecule has 1 amide bonds. The second-order valence-corrected chi connectivity index (χ2v) is 7.81. The van der Waals surface area contributed by atoms with E-state index in [2.05, 4.69) is 4.90 Å². The summed E-state index contributed by atoms with van der Waals surface area (Å²) >= 11 is 6.23.